The molecule has 5 heteroatoms. The number of methoxy groups -OCH3 is 1. The number of nitrogens with zero attached hydrogens (tertiary/aromatic N) is 1. The highest BCUT2D eigenvalue weighted by Crippen LogP contribution is 2.21. The van der Waals surface area contributed by atoms with Gasteiger partial charge in [-0.1, -0.05) is 18.2 Å². The van der Waals surface area contributed by atoms with Crippen LogP contribution in [0.4, 0.5) is 4.39 Å². The lowest BCUT2D eigenvalue weighted by molar-refractivity contribution is 0.0784. The van der Waals surface area contributed by atoms with E-state index in [1.165, 1.54) is 25.3 Å². The topological polar surface area (TPSA) is 38.8 Å². The Balaban J connectivity index is 1.88. The molecule has 0 heterocycles. The first kappa shape index (κ1) is 17.8. The first-order chi connectivity index (χ1) is 11.5. The fourth-order valence-corrected chi connectivity index (χ4v) is 2.36. The average Bonchev–Trinajstić information content (AvgIpc) is 2.59. The molecule has 0 spiro atoms. The Morgan fingerprint density at radius 2 is 1.92 bits per heavy atom. The number of aryl methyl sites for hydroxylation is 1. The van der Waals surface area contributed by atoms with Crippen LogP contribution >= 0.6 is 0 Å². The van der Waals surface area contributed by atoms with E-state index < -0.39 is 5.82 Å². The molecule has 0 bridgehead atoms. The van der Waals surface area contributed by atoms with E-state index in [0.29, 0.717) is 25.3 Å². The zero-order valence-corrected chi connectivity index (χ0v) is 14.2. The molecule has 0 saturated heterocycles. The van der Waals surface area contributed by atoms with Crippen molar-refractivity contribution in [3.8, 4) is 11.5 Å². The van der Waals surface area contributed by atoms with Crippen molar-refractivity contribution >= 4 is 5.91 Å². The highest BCUT2D eigenvalue weighted by Gasteiger charge is 2.17. The van der Waals surface area contributed by atoms with Crippen LogP contribution < -0.4 is 9.47 Å². The van der Waals surface area contributed by atoms with Gasteiger partial charge in [0.05, 0.1) is 19.3 Å². The van der Waals surface area contributed by atoms with Gasteiger partial charge < -0.3 is 14.4 Å². The highest BCUT2D eigenvalue weighted by molar-refractivity contribution is 5.96. The monoisotopic (exact) mass is 331 g/mol. The number of carbonyl (C=O) groups is 1. The van der Waals surface area contributed by atoms with Crippen molar-refractivity contribution in [2.24, 2.45) is 0 Å². The summed E-state index contributed by atoms with van der Waals surface area (Å²) in [4.78, 5) is 14.0. The number of carbonyl (C=O) groups excluding carboxylic acids is 1. The molecule has 0 aliphatic rings. The van der Waals surface area contributed by atoms with E-state index in [1.807, 2.05) is 31.2 Å². The molecule has 0 aromatic heterocycles. The molecule has 0 saturated carbocycles. The summed E-state index contributed by atoms with van der Waals surface area (Å²) in [5.41, 5.74) is 1.30. The van der Waals surface area contributed by atoms with Crippen LogP contribution in [0.3, 0.4) is 0 Å². The Labute approximate surface area is 141 Å². The molecule has 0 atom stereocenters. The van der Waals surface area contributed by atoms with E-state index in [4.69, 9.17) is 9.47 Å². The lowest BCUT2D eigenvalue weighted by Gasteiger charge is -2.19. The zero-order valence-electron chi connectivity index (χ0n) is 14.2. The van der Waals surface area contributed by atoms with Crippen LogP contribution in [0.5, 0.6) is 11.5 Å². The first-order valence-electron chi connectivity index (χ1n) is 7.80. The Bertz CT molecular complexity index is 703. The lowest BCUT2D eigenvalue weighted by atomic mass is 10.1. The second-order valence-electron chi connectivity index (χ2n) is 5.54. The second kappa shape index (κ2) is 8.34. The van der Waals surface area contributed by atoms with Gasteiger partial charge in [-0.25, -0.2) is 4.39 Å². The minimum Gasteiger partial charge on any atom is -0.496 e. The smallest absolute Gasteiger partial charge is 0.257 e. The number of halogens is 1. The Kier molecular flexibility index (Phi) is 6.18. The summed E-state index contributed by atoms with van der Waals surface area (Å²) in [6, 6.07) is 11.7. The van der Waals surface area contributed by atoms with Crippen molar-refractivity contribution in [2.45, 2.75) is 13.3 Å². The number of rotatable bonds is 7. The maximum absolute atomic E-state index is 13.4. The van der Waals surface area contributed by atoms with Gasteiger partial charge in [-0.2, -0.15) is 0 Å². The summed E-state index contributed by atoms with van der Waals surface area (Å²) in [6.07, 6.45) is 0.675. The summed E-state index contributed by atoms with van der Waals surface area (Å²) in [6.45, 7) is 2.99. The van der Waals surface area contributed by atoms with Crippen LogP contribution in [0.1, 0.15) is 22.3 Å². The van der Waals surface area contributed by atoms with E-state index in [1.54, 1.807) is 11.9 Å². The Morgan fingerprint density at radius 3 is 2.62 bits per heavy atom. The first-order valence-corrected chi connectivity index (χ1v) is 7.80. The predicted octanol–water partition coefficient (Wildman–Crippen LogP) is 3.68. The van der Waals surface area contributed by atoms with Gasteiger partial charge in [-0.3, -0.25) is 4.79 Å². The standard InChI is InChI=1S/C19H22FNO3/c1-14-7-4-5-8-17(14)24-12-6-11-21(2)19(22)16-13-15(20)9-10-18(16)23-3/h4-5,7-10,13H,6,11-12H2,1-3H3. The maximum atomic E-state index is 13.4. The highest BCUT2D eigenvalue weighted by atomic mass is 19.1. The number of ether oxygens (including phenoxy) is 2. The minimum atomic E-state index is -0.463. The molecule has 0 aliphatic carbocycles. The molecule has 0 fully saturated rings. The van der Waals surface area contributed by atoms with Crippen LogP contribution in [-0.4, -0.2) is 38.1 Å². The summed E-state index contributed by atoms with van der Waals surface area (Å²) in [5, 5.41) is 0. The average molecular weight is 331 g/mol. The van der Waals surface area contributed by atoms with Crippen LogP contribution in [0.15, 0.2) is 42.5 Å². The van der Waals surface area contributed by atoms with Gasteiger partial charge >= 0.3 is 0 Å². The van der Waals surface area contributed by atoms with Crippen LogP contribution in [0.25, 0.3) is 0 Å². The quantitative estimate of drug-likeness (QED) is 0.727. The molecule has 0 unspecified atom stereocenters. The van der Waals surface area contributed by atoms with Crippen molar-refractivity contribution < 1.29 is 18.7 Å². The molecule has 128 valence electrons. The summed E-state index contributed by atoms with van der Waals surface area (Å²) < 4.78 is 24.2. The third-order valence-electron chi connectivity index (χ3n) is 3.73. The number of para-hydroxylation sites is 1. The van der Waals surface area contributed by atoms with Crippen molar-refractivity contribution in [3.63, 3.8) is 0 Å². The molecule has 0 radical (unpaired) electrons. The van der Waals surface area contributed by atoms with Crippen molar-refractivity contribution in [1.29, 1.82) is 0 Å². The number of benzene rings is 2. The van der Waals surface area contributed by atoms with Gasteiger partial charge in [0.2, 0.25) is 0 Å². The van der Waals surface area contributed by atoms with Gasteiger partial charge in [0.1, 0.15) is 17.3 Å². The van der Waals surface area contributed by atoms with Crippen LogP contribution in [0, 0.1) is 12.7 Å². The van der Waals surface area contributed by atoms with Gasteiger partial charge in [-0.15, -0.1) is 0 Å². The fourth-order valence-electron chi connectivity index (χ4n) is 2.36. The lowest BCUT2D eigenvalue weighted by Crippen LogP contribution is -2.29. The zero-order chi connectivity index (χ0) is 17.5. The predicted molar refractivity (Wildman–Crippen MR) is 91.2 cm³/mol. The second-order valence-corrected chi connectivity index (χ2v) is 5.54. The van der Waals surface area contributed by atoms with Crippen LogP contribution in [-0.2, 0) is 0 Å². The van der Waals surface area contributed by atoms with E-state index >= 15 is 0 Å². The SMILES string of the molecule is COc1ccc(F)cc1C(=O)N(C)CCCOc1ccccc1C. The van der Waals surface area contributed by atoms with Gasteiger partial charge in [0.15, 0.2) is 0 Å². The molecule has 4 nitrogen and oxygen atoms in total. The number of hydrogen-bond donors (Lipinski definition) is 0. The van der Waals surface area contributed by atoms with Gasteiger partial charge in [0, 0.05) is 13.6 Å². The Hall–Kier alpha value is -2.56. The third kappa shape index (κ3) is 4.47. The molecule has 2 rings (SSSR count). The normalized spacial score (nSPS) is 10.3. The van der Waals surface area contributed by atoms with Crippen LogP contribution in [0.2, 0.25) is 0 Å². The molecular weight excluding hydrogens is 309 g/mol. The minimum absolute atomic E-state index is 0.222. The van der Waals surface area contributed by atoms with Crippen molar-refractivity contribution in [3.05, 3.63) is 59.4 Å². The largest absolute Gasteiger partial charge is 0.496 e. The molecule has 0 aliphatic heterocycles. The molecular formula is C19H22FNO3. The van der Waals surface area contributed by atoms with E-state index in [-0.39, 0.29) is 11.5 Å². The van der Waals surface area contributed by atoms with E-state index in [9.17, 15) is 9.18 Å². The summed E-state index contributed by atoms with van der Waals surface area (Å²) in [5.74, 6) is 0.473. The van der Waals surface area contributed by atoms with E-state index in [0.717, 1.165) is 11.3 Å². The van der Waals surface area contributed by atoms with Crippen molar-refractivity contribution in [2.75, 3.05) is 27.3 Å². The third-order valence-corrected chi connectivity index (χ3v) is 3.73. The molecule has 24 heavy (non-hydrogen) atoms. The summed E-state index contributed by atoms with van der Waals surface area (Å²) in [7, 11) is 3.14. The maximum Gasteiger partial charge on any atom is 0.257 e. The van der Waals surface area contributed by atoms with E-state index in [2.05, 4.69) is 0 Å². The Morgan fingerprint density at radius 1 is 1.17 bits per heavy atom. The molecule has 1 amide bonds. The fraction of sp³-hybridized carbons (Fsp3) is 0.316. The molecule has 2 aromatic carbocycles. The number of hydrogen-bond acceptors (Lipinski definition) is 3. The number of amides is 1. The van der Waals surface area contributed by atoms with Gasteiger partial charge in [-0.05, 0) is 43.2 Å². The van der Waals surface area contributed by atoms with Crippen molar-refractivity contribution in [1.82, 2.24) is 4.90 Å². The molecule has 2 aromatic rings. The molecule has 0 N–H and O–H groups in total. The summed E-state index contributed by atoms with van der Waals surface area (Å²) >= 11 is 0. The van der Waals surface area contributed by atoms with Gasteiger partial charge in [0.25, 0.3) is 5.91 Å².